The van der Waals surface area contributed by atoms with Crippen LogP contribution in [0.5, 0.6) is 0 Å². The Morgan fingerprint density at radius 2 is 1.81 bits per heavy atom. The number of anilines is 1. The Morgan fingerprint density at radius 1 is 1.06 bits per heavy atom. The molecule has 0 unspecified atom stereocenters. The van der Waals surface area contributed by atoms with Crippen molar-refractivity contribution in [3.05, 3.63) is 106 Å². The fraction of sp³-hybridized carbons (Fsp3) is 0.235. The van der Waals surface area contributed by atoms with E-state index in [4.69, 9.17) is 21.5 Å². The molecule has 1 aliphatic rings. The monoisotopic (exact) mass is 740 g/mol. The number of nitrogens with zero attached hydrogens (tertiary/aromatic N) is 7. The maximum Gasteiger partial charge on any atom is 0.490 e. The normalized spacial score (nSPS) is 15.9. The summed E-state index contributed by atoms with van der Waals surface area (Å²) in [6, 6.07) is 16.5. The molecule has 3 aromatic heterocycles. The zero-order chi connectivity index (χ0) is 37.7. The molecular weight excluding hydrogens is 715 g/mol. The van der Waals surface area contributed by atoms with Crippen molar-refractivity contribution in [2.45, 2.75) is 44.8 Å². The van der Waals surface area contributed by atoms with Crippen molar-refractivity contribution < 1.29 is 36.6 Å². The van der Waals surface area contributed by atoms with Gasteiger partial charge in [-0.25, -0.2) is 23.2 Å². The smallest absolute Gasteiger partial charge is 0.475 e. The number of aromatic nitrogens is 6. The summed E-state index contributed by atoms with van der Waals surface area (Å²) in [6.07, 6.45) is -2.01. The van der Waals surface area contributed by atoms with Crippen molar-refractivity contribution in [2.24, 2.45) is 5.92 Å². The fourth-order valence-electron chi connectivity index (χ4n) is 5.40. The zero-order valence-electron chi connectivity index (χ0n) is 26.9. The minimum atomic E-state index is -5.08. The number of hydrogen-bond acceptors (Lipinski definition) is 8. The molecule has 52 heavy (non-hydrogen) atoms. The fourth-order valence-corrected chi connectivity index (χ4v) is 5.57. The van der Waals surface area contributed by atoms with Crippen molar-refractivity contribution in [1.29, 1.82) is 5.26 Å². The number of carboxylic acids is 1. The number of amides is 1. The summed E-state index contributed by atoms with van der Waals surface area (Å²) in [5, 5.41) is 27.2. The largest absolute Gasteiger partial charge is 0.490 e. The first kappa shape index (κ1) is 37.2. The van der Waals surface area contributed by atoms with Crippen LogP contribution in [-0.2, 0) is 9.59 Å². The second-order valence-corrected chi connectivity index (χ2v) is 12.0. The average molecular weight is 741 g/mol. The lowest BCUT2D eigenvalue weighted by molar-refractivity contribution is -0.192. The van der Waals surface area contributed by atoms with Crippen molar-refractivity contribution in [3.63, 3.8) is 0 Å². The molecule has 2 bridgehead atoms. The van der Waals surface area contributed by atoms with E-state index < -0.39 is 30.3 Å². The summed E-state index contributed by atoms with van der Waals surface area (Å²) in [5.41, 5.74) is 3.23. The quantitative estimate of drug-likeness (QED) is 0.184. The van der Waals surface area contributed by atoms with E-state index >= 15 is 0 Å². The summed E-state index contributed by atoms with van der Waals surface area (Å²) >= 11 is 6.27. The highest BCUT2D eigenvalue weighted by Crippen LogP contribution is 2.34. The van der Waals surface area contributed by atoms with Crippen LogP contribution >= 0.6 is 11.6 Å². The summed E-state index contributed by atoms with van der Waals surface area (Å²) in [5.74, 6) is -3.24. The Balaban J connectivity index is 0.000000679. The number of fused-ring (bicyclic) bond motifs is 4. The zero-order valence-corrected chi connectivity index (χ0v) is 27.6. The van der Waals surface area contributed by atoms with Gasteiger partial charge in [-0.05, 0) is 60.9 Å². The van der Waals surface area contributed by atoms with Crippen LogP contribution in [-0.4, -0.2) is 52.7 Å². The first-order chi connectivity index (χ1) is 24.7. The van der Waals surface area contributed by atoms with Crippen LogP contribution in [0.3, 0.4) is 0 Å². The van der Waals surface area contributed by atoms with Crippen molar-refractivity contribution in [3.8, 4) is 34.1 Å². The maximum absolute atomic E-state index is 13.7. The molecule has 1 amide bonds. The highest BCUT2D eigenvalue weighted by atomic mass is 35.5. The molecule has 0 aliphatic carbocycles. The molecule has 2 N–H and O–H groups in total. The summed E-state index contributed by atoms with van der Waals surface area (Å²) in [6.45, 7) is 1.84. The molecule has 0 saturated heterocycles. The van der Waals surface area contributed by atoms with Gasteiger partial charge in [-0.2, -0.15) is 18.4 Å². The molecule has 0 fully saturated rings. The second-order valence-electron chi connectivity index (χ2n) is 11.6. The Kier molecular flexibility index (Phi) is 11.1. The van der Waals surface area contributed by atoms with E-state index in [-0.39, 0.29) is 23.1 Å². The number of aliphatic carboxylic acids is 1. The number of hydrogen-bond donors (Lipinski definition) is 2. The van der Waals surface area contributed by atoms with E-state index in [1.54, 1.807) is 48.7 Å². The molecule has 0 radical (unpaired) electrons. The third-order valence-corrected chi connectivity index (χ3v) is 8.27. The number of alkyl halides is 5. The van der Waals surface area contributed by atoms with Gasteiger partial charge in [-0.15, -0.1) is 5.10 Å². The Bertz CT molecular complexity index is 2230. The molecule has 2 atom stereocenters. The van der Waals surface area contributed by atoms with E-state index in [0.29, 0.717) is 52.5 Å². The number of benzene rings is 2. The number of carbonyl (C=O) groups excluding carboxylic acids is 1. The van der Waals surface area contributed by atoms with Crippen LogP contribution in [0.1, 0.15) is 55.6 Å². The molecule has 6 rings (SSSR count). The predicted octanol–water partition coefficient (Wildman–Crippen LogP) is 7.00. The van der Waals surface area contributed by atoms with E-state index in [1.807, 2.05) is 13.0 Å². The molecule has 12 nitrogen and oxygen atoms in total. The lowest BCUT2D eigenvalue weighted by Gasteiger charge is -2.23. The third kappa shape index (κ3) is 8.46. The van der Waals surface area contributed by atoms with Gasteiger partial charge >= 0.3 is 12.1 Å². The molecule has 1 aliphatic heterocycles. The van der Waals surface area contributed by atoms with E-state index in [2.05, 4.69) is 31.7 Å². The van der Waals surface area contributed by atoms with E-state index in [9.17, 15) is 36.8 Å². The Morgan fingerprint density at radius 3 is 2.46 bits per heavy atom. The number of carbonyl (C=O) groups is 2. The lowest BCUT2D eigenvalue weighted by atomic mass is 9.95. The van der Waals surface area contributed by atoms with Crippen LogP contribution in [0.2, 0.25) is 5.02 Å². The molecule has 0 saturated carbocycles. The minimum absolute atomic E-state index is 0.161. The number of carboxylic acid groups (broad SMARTS) is 1. The molecular formula is C34H26ClF5N8O4. The minimum Gasteiger partial charge on any atom is -0.475 e. The molecule has 5 aromatic rings. The molecule has 0 spiro atoms. The molecule has 18 heteroatoms. The Labute approximate surface area is 296 Å². The molecule has 2 aromatic carbocycles. The predicted molar refractivity (Wildman–Crippen MR) is 177 cm³/mol. The second kappa shape index (κ2) is 15.5. The van der Waals surface area contributed by atoms with Crippen LogP contribution in [0.15, 0.2) is 78.1 Å². The maximum atomic E-state index is 13.7. The summed E-state index contributed by atoms with van der Waals surface area (Å²) < 4.78 is 60.8. The highest BCUT2D eigenvalue weighted by Gasteiger charge is 2.38. The van der Waals surface area contributed by atoms with Crippen molar-refractivity contribution in [1.82, 2.24) is 29.5 Å². The Hall–Kier alpha value is -6.02. The van der Waals surface area contributed by atoms with Gasteiger partial charge in [-0.3, -0.25) is 19.1 Å². The van der Waals surface area contributed by atoms with E-state index in [1.165, 1.54) is 21.6 Å². The van der Waals surface area contributed by atoms with Gasteiger partial charge in [0.2, 0.25) is 5.91 Å². The van der Waals surface area contributed by atoms with E-state index in [0.717, 1.165) is 17.3 Å². The van der Waals surface area contributed by atoms with Crippen molar-refractivity contribution >= 4 is 29.2 Å². The van der Waals surface area contributed by atoms with Gasteiger partial charge in [0.15, 0.2) is 0 Å². The number of pyridine rings is 1. The van der Waals surface area contributed by atoms with Gasteiger partial charge in [0, 0.05) is 40.0 Å². The topological polar surface area (TPSA) is 169 Å². The van der Waals surface area contributed by atoms with Gasteiger partial charge in [0.05, 0.1) is 47.3 Å². The first-order valence-corrected chi connectivity index (χ1v) is 15.7. The molecule has 4 heterocycles. The summed E-state index contributed by atoms with van der Waals surface area (Å²) in [4.78, 5) is 44.9. The number of nitriles is 1. The van der Waals surface area contributed by atoms with Crippen LogP contribution in [0.25, 0.3) is 28.1 Å². The average Bonchev–Trinajstić information content (AvgIpc) is 3.60. The van der Waals surface area contributed by atoms with Gasteiger partial charge < -0.3 is 10.4 Å². The van der Waals surface area contributed by atoms with Crippen LogP contribution < -0.4 is 10.9 Å². The number of rotatable bonds is 4. The van der Waals surface area contributed by atoms with Crippen LogP contribution in [0, 0.1) is 17.2 Å². The standard InChI is InChI=1S/C32H25ClF2N8O2.C2HF3O2/c1-18-3-2-4-29(26-12-20(9-10-37-26)22-7-5-19(15-36)11-25(22)39-32(18)45)42-17-38-24(14-30(42)44)23-13-21(33)6-8-28(23)43-16-27(31(34)35)40-41-43;3-2(4,5)1(6)7/h5-14,16-18,29,31H,2-4H2,1H3,(H,39,45);(H,6,7)/t18-,29+;/m1./s1. The van der Waals surface area contributed by atoms with Gasteiger partial charge in [-0.1, -0.05) is 36.2 Å². The van der Waals surface area contributed by atoms with Gasteiger partial charge in [0.25, 0.3) is 12.0 Å². The highest BCUT2D eigenvalue weighted by molar-refractivity contribution is 6.31. The third-order valence-electron chi connectivity index (χ3n) is 8.03. The number of halogens is 6. The first-order valence-electron chi connectivity index (χ1n) is 15.4. The van der Waals surface area contributed by atoms with Crippen LogP contribution in [0.4, 0.5) is 27.6 Å². The van der Waals surface area contributed by atoms with Gasteiger partial charge in [0.1, 0.15) is 5.69 Å². The number of nitrogens with one attached hydrogen (secondary N) is 1. The lowest BCUT2D eigenvalue weighted by Crippen LogP contribution is -2.27. The summed E-state index contributed by atoms with van der Waals surface area (Å²) in [7, 11) is 0. The SMILES string of the molecule is C[C@@H]1CCC[C@H](n2cnc(-c3cc(Cl)ccc3-n3cc(C(F)F)nn3)cc2=O)c2cc(ccn2)-c2ccc(C#N)cc2NC1=O.O=C(O)C(F)(F)F. The molecule has 268 valence electrons. The van der Waals surface area contributed by atoms with Crippen molar-refractivity contribution in [2.75, 3.05) is 5.32 Å².